The number of hydrogen-bond donors (Lipinski definition) is 4. The van der Waals surface area contributed by atoms with E-state index in [0.29, 0.717) is 56.2 Å². The van der Waals surface area contributed by atoms with Gasteiger partial charge in [-0.25, -0.2) is 4.98 Å². The molecule has 0 radical (unpaired) electrons. The molecule has 2 aromatic carbocycles. The molecule has 7 rings (SSSR count). The van der Waals surface area contributed by atoms with Gasteiger partial charge in [0.25, 0.3) is 5.91 Å². The zero-order valence-electron chi connectivity index (χ0n) is 31.2. The molecule has 11 nitrogen and oxygen atoms in total. The van der Waals surface area contributed by atoms with E-state index in [1.165, 1.54) is 11.3 Å². The molecule has 2 aliphatic rings. The molecular weight excluding hydrogens is 718 g/mol. The SMILES string of the molecule is CCC1(C)CC2(C)CC(C)(CN/C(C)=C(\C=N)c3ccc(-c4cnc5cccc(C(=O)Nc6nc7ccccc7s6)c5c4)nc3C(=O)O)C[PH](N=O)(C1)C2. The number of benzene rings is 2. The van der Waals surface area contributed by atoms with Gasteiger partial charge in [-0.2, -0.15) is 0 Å². The molecule has 13 heteroatoms. The number of carbonyl (C=O) groups is 2. The van der Waals surface area contributed by atoms with Crippen molar-refractivity contribution in [3.8, 4) is 11.3 Å². The van der Waals surface area contributed by atoms with Crippen LogP contribution in [-0.4, -0.2) is 63.2 Å². The second-order valence-electron chi connectivity index (χ2n) is 16.5. The van der Waals surface area contributed by atoms with Gasteiger partial charge in [0.1, 0.15) is 0 Å². The van der Waals surface area contributed by atoms with Crippen molar-refractivity contribution in [2.75, 3.05) is 30.3 Å². The van der Waals surface area contributed by atoms with Gasteiger partial charge in [0.15, 0.2) is 5.13 Å². The van der Waals surface area contributed by atoms with Crippen molar-refractivity contribution in [2.24, 2.45) is 21.2 Å². The summed E-state index contributed by atoms with van der Waals surface area (Å²) in [4.78, 5) is 56.3. The number of rotatable bonds is 11. The Kier molecular flexibility index (Phi) is 9.73. The summed E-state index contributed by atoms with van der Waals surface area (Å²) in [5, 5.41) is 26.2. The number of thiazole rings is 1. The summed E-state index contributed by atoms with van der Waals surface area (Å²) in [6, 6.07) is 18.1. The Balaban J connectivity index is 1.16. The van der Waals surface area contributed by atoms with Crippen LogP contribution in [0.1, 0.15) is 80.3 Å². The van der Waals surface area contributed by atoms with E-state index in [1.807, 2.05) is 37.3 Å². The van der Waals surface area contributed by atoms with Crippen LogP contribution >= 0.6 is 18.7 Å². The number of carboxylic acids is 1. The first-order valence-corrected chi connectivity index (χ1v) is 21.7. The Bertz CT molecular complexity index is 2350. The number of anilines is 1. The molecule has 5 aromatic rings. The molecule has 2 aliphatic heterocycles. The minimum atomic E-state index is -2.41. The Morgan fingerprint density at radius 1 is 0.981 bits per heavy atom. The normalized spacial score (nSPS) is 24.3. The van der Waals surface area contributed by atoms with Crippen molar-refractivity contribution >= 4 is 68.7 Å². The van der Waals surface area contributed by atoms with E-state index in [2.05, 4.69) is 58.2 Å². The Morgan fingerprint density at radius 3 is 2.44 bits per heavy atom. The van der Waals surface area contributed by atoms with Gasteiger partial charge in [-0.05, 0) is 24.3 Å². The fraction of sp³-hybridized carbons (Fsp3) is 0.366. The van der Waals surface area contributed by atoms with Crippen molar-refractivity contribution in [1.29, 1.82) is 5.41 Å². The quantitative estimate of drug-likeness (QED) is 0.0586. The van der Waals surface area contributed by atoms with Crippen LogP contribution < -0.4 is 10.6 Å². The maximum atomic E-state index is 13.5. The van der Waals surface area contributed by atoms with Crippen LogP contribution in [0, 0.1) is 26.6 Å². The molecule has 3 unspecified atom stereocenters. The number of aromatic carboxylic acids is 1. The molecule has 5 heterocycles. The van der Waals surface area contributed by atoms with Gasteiger partial charge in [-0.3, -0.25) is 15.1 Å². The van der Waals surface area contributed by atoms with Crippen LogP contribution in [0.4, 0.5) is 5.13 Å². The molecule has 2 bridgehead atoms. The van der Waals surface area contributed by atoms with Crippen molar-refractivity contribution in [2.45, 2.75) is 53.9 Å². The number of nitrogens with one attached hydrogen (secondary N) is 3. The van der Waals surface area contributed by atoms with Crippen molar-refractivity contribution in [3.63, 3.8) is 0 Å². The third-order valence-electron chi connectivity index (χ3n) is 11.5. The first-order valence-electron chi connectivity index (χ1n) is 18.3. The molecule has 0 aliphatic carbocycles. The Labute approximate surface area is 319 Å². The Hall–Kier alpha value is -4.93. The van der Waals surface area contributed by atoms with Crippen LogP contribution in [0.3, 0.4) is 0 Å². The van der Waals surface area contributed by atoms with Crippen molar-refractivity contribution in [3.05, 3.63) is 94.3 Å². The fourth-order valence-electron chi connectivity index (χ4n) is 9.82. The number of nitroso groups, excluding NO2 is 1. The molecule has 3 aromatic heterocycles. The number of nitrogens with zero attached hydrogens (tertiary/aromatic N) is 4. The number of pyridine rings is 2. The average Bonchev–Trinajstić information content (AvgIpc) is 3.55. The number of carboxylic acid groups (broad SMARTS) is 1. The zero-order chi connectivity index (χ0) is 38.5. The van der Waals surface area contributed by atoms with E-state index in [9.17, 15) is 19.6 Å². The van der Waals surface area contributed by atoms with Crippen molar-refractivity contribution in [1.82, 2.24) is 20.3 Å². The molecule has 2 saturated heterocycles. The van der Waals surface area contributed by atoms with Crippen LogP contribution in [0.15, 0.2) is 77.5 Å². The molecule has 54 heavy (non-hydrogen) atoms. The van der Waals surface area contributed by atoms with Gasteiger partial charge in [0, 0.05) is 10.9 Å². The molecule has 280 valence electrons. The second-order valence-corrected chi connectivity index (χ2v) is 21.2. The van der Waals surface area contributed by atoms with Crippen molar-refractivity contribution < 1.29 is 14.7 Å². The fourth-order valence-corrected chi connectivity index (χ4v) is 16.9. The van der Waals surface area contributed by atoms with Gasteiger partial charge in [-0.1, -0.05) is 29.5 Å². The predicted octanol–water partition coefficient (Wildman–Crippen LogP) is 9.49. The molecule has 2 fully saturated rings. The summed E-state index contributed by atoms with van der Waals surface area (Å²) in [6.07, 6.45) is 8.57. The molecule has 1 amide bonds. The number of aromatic nitrogens is 3. The number of fused-ring (bicyclic) bond motifs is 4. The number of carbonyl (C=O) groups excluding carboxylic acids is 1. The van der Waals surface area contributed by atoms with E-state index < -0.39 is 13.4 Å². The van der Waals surface area contributed by atoms with Gasteiger partial charge in [0.2, 0.25) is 0 Å². The van der Waals surface area contributed by atoms with E-state index in [0.717, 1.165) is 54.2 Å². The summed E-state index contributed by atoms with van der Waals surface area (Å²) in [5.41, 5.74) is 3.93. The predicted molar refractivity (Wildman–Crippen MR) is 221 cm³/mol. The van der Waals surface area contributed by atoms with Crippen LogP contribution in [0.25, 0.3) is 38.0 Å². The molecule has 0 saturated carbocycles. The maximum absolute atomic E-state index is 13.5. The van der Waals surface area contributed by atoms with Gasteiger partial charge in [-0.15, -0.1) is 0 Å². The first kappa shape index (κ1) is 37.4. The summed E-state index contributed by atoms with van der Waals surface area (Å²) >= 11 is 1.39. The third-order valence-corrected chi connectivity index (χ3v) is 17.4. The number of para-hydroxylation sites is 1. The molecule has 4 N–H and O–H groups in total. The van der Waals surface area contributed by atoms with E-state index in [4.69, 9.17) is 5.41 Å². The average molecular weight is 764 g/mol. The Morgan fingerprint density at radius 2 is 1.72 bits per heavy atom. The van der Waals surface area contributed by atoms with E-state index in [1.54, 1.807) is 36.5 Å². The van der Waals surface area contributed by atoms with Gasteiger partial charge in [0.05, 0.1) is 15.7 Å². The molecule has 3 atom stereocenters. The second kappa shape index (κ2) is 14.0. The minimum absolute atomic E-state index is 0.0502. The van der Waals surface area contributed by atoms with Crippen LogP contribution in [0.2, 0.25) is 0 Å². The van der Waals surface area contributed by atoms with Crippen LogP contribution in [0.5, 0.6) is 0 Å². The third kappa shape index (κ3) is 7.17. The summed E-state index contributed by atoms with van der Waals surface area (Å²) in [5.74, 6) is -1.57. The van der Waals surface area contributed by atoms with E-state index >= 15 is 0 Å². The monoisotopic (exact) mass is 763 g/mol. The van der Waals surface area contributed by atoms with Crippen LogP contribution in [-0.2, 0) is 0 Å². The number of allylic oxidation sites excluding steroid dienone is 2. The van der Waals surface area contributed by atoms with Gasteiger partial charge < -0.3 is 0 Å². The summed E-state index contributed by atoms with van der Waals surface area (Å²) in [6.45, 7) is 11.5. The summed E-state index contributed by atoms with van der Waals surface area (Å²) in [7, 11) is -2.41. The topological polar surface area (TPSA) is 170 Å². The molecule has 0 spiro atoms. The zero-order valence-corrected chi connectivity index (χ0v) is 33.1. The number of hydrogen-bond acceptors (Lipinski definition) is 10. The number of amides is 1. The summed E-state index contributed by atoms with van der Waals surface area (Å²) < 4.78 is 0.964. The standard InChI is InChI=1S/C41H46N7O4PS/c1-6-39(3)19-40(4)20-41(5,24-53(22-39,23-40)48-52)21-44-25(2)30(17-42)27-14-15-31(45-35(27)37(50)51)26-16-29-28(10-9-12-32(29)43-18-26)36(49)47-38-46-33-11-7-8-13-34(33)54-38/h7-18,42,44,53H,6,19-24H2,1-5H3,(H,50,51)(H,46,47,49)/b30-25+,42-17?. The first-order chi connectivity index (χ1) is 25.7. The van der Waals surface area contributed by atoms with Gasteiger partial charge >= 0.3 is 208 Å². The van der Waals surface area contributed by atoms with E-state index in [-0.39, 0.29) is 27.8 Å². The molecular formula is C41H46N7O4PS.